The van der Waals surface area contributed by atoms with Gasteiger partial charge in [-0.25, -0.2) is 0 Å². The number of nitrogens with zero attached hydrogens (tertiary/aromatic N) is 3. The highest BCUT2D eigenvalue weighted by molar-refractivity contribution is 6.08. The number of benzene rings is 1. The van der Waals surface area contributed by atoms with E-state index in [2.05, 4.69) is 16.8 Å². The predicted molar refractivity (Wildman–Crippen MR) is 92.0 cm³/mol. The first-order valence-electron chi connectivity index (χ1n) is 8.80. The Bertz CT molecular complexity index is 681. The van der Waals surface area contributed by atoms with Gasteiger partial charge in [0.2, 0.25) is 5.91 Å². The number of carbonyl (C=O) groups is 2. The van der Waals surface area contributed by atoms with Crippen LogP contribution < -0.4 is 0 Å². The third kappa shape index (κ3) is 2.30. The van der Waals surface area contributed by atoms with E-state index in [1.54, 1.807) is 0 Å². The number of ketones is 1. The van der Waals surface area contributed by atoms with Crippen molar-refractivity contribution in [1.29, 1.82) is 0 Å². The average molecular weight is 327 g/mol. The summed E-state index contributed by atoms with van der Waals surface area (Å²) < 4.78 is 0. The minimum atomic E-state index is -0.557. The molecule has 2 unspecified atom stereocenters. The van der Waals surface area contributed by atoms with E-state index in [4.69, 9.17) is 0 Å². The zero-order valence-corrected chi connectivity index (χ0v) is 14.5. The number of hydrogen-bond donors (Lipinski definition) is 0. The van der Waals surface area contributed by atoms with Gasteiger partial charge in [-0.1, -0.05) is 24.3 Å². The van der Waals surface area contributed by atoms with Crippen molar-refractivity contribution < 1.29 is 9.59 Å². The fourth-order valence-electron chi connectivity index (χ4n) is 4.70. The molecule has 4 rings (SSSR count). The summed E-state index contributed by atoms with van der Waals surface area (Å²) >= 11 is 0. The summed E-state index contributed by atoms with van der Waals surface area (Å²) in [7, 11) is 4.11. The lowest BCUT2D eigenvalue weighted by Crippen LogP contribution is -2.52. The van der Waals surface area contributed by atoms with Gasteiger partial charge < -0.3 is 14.7 Å². The van der Waals surface area contributed by atoms with Crippen molar-refractivity contribution in [2.24, 2.45) is 11.3 Å². The van der Waals surface area contributed by atoms with Crippen LogP contribution in [0.15, 0.2) is 24.3 Å². The molecule has 2 aliphatic heterocycles. The van der Waals surface area contributed by atoms with Crippen LogP contribution in [0.5, 0.6) is 0 Å². The molecule has 1 amide bonds. The van der Waals surface area contributed by atoms with Gasteiger partial charge in [-0.15, -0.1) is 0 Å². The van der Waals surface area contributed by atoms with Crippen LogP contribution in [-0.4, -0.2) is 79.8 Å². The Kier molecular flexibility index (Phi) is 3.73. The number of carbonyl (C=O) groups excluding carboxylic acids is 2. The second-order valence-corrected chi connectivity index (χ2v) is 7.70. The molecule has 2 fully saturated rings. The number of likely N-dealkylation sites (tertiary alicyclic amines) is 1. The Labute approximate surface area is 143 Å². The molecule has 1 aromatic carbocycles. The van der Waals surface area contributed by atoms with Crippen LogP contribution in [0.1, 0.15) is 15.9 Å². The van der Waals surface area contributed by atoms with E-state index in [0.717, 1.165) is 37.3 Å². The Morgan fingerprint density at radius 1 is 1.08 bits per heavy atom. The summed E-state index contributed by atoms with van der Waals surface area (Å²) in [6.45, 7) is 4.74. The van der Waals surface area contributed by atoms with Crippen LogP contribution in [0.25, 0.3) is 0 Å². The second kappa shape index (κ2) is 5.67. The van der Waals surface area contributed by atoms with E-state index in [1.165, 1.54) is 0 Å². The van der Waals surface area contributed by atoms with E-state index in [9.17, 15) is 9.59 Å². The monoisotopic (exact) mass is 327 g/mol. The molecular formula is C19H25N3O2. The van der Waals surface area contributed by atoms with Gasteiger partial charge in [0.05, 0.1) is 11.3 Å². The summed E-state index contributed by atoms with van der Waals surface area (Å²) in [6.07, 6.45) is 0.705. The van der Waals surface area contributed by atoms with E-state index in [1.807, 2.05) is 36.2 Å². The molecule has 5 nitrogen and oxygen atoms in total. The molecular weight excluding hydrogens is 302 g/mol. The lowest BCUT2D eigenvalue weighted by Gasteiger charge is -2.37. The van der Waals surface area contributed by atoms with E-state index >= 15 is 0 Å². The summed E-state index contributed by atoms with van der Waals surface area (Å²) in [4.78, 5) is 32.8. The molecule has 1 aromatic rings. The van der Waals surface area contributed by atoms with Crippen molar-refractivity contribution in [3.05, 3.63) is 35.4 Å². The van der Waals surface area contributed by atoms with Gasteiger partial charge >= 0.3 is 0 Å². The van der Waals surface area contributed by atoms with Crippen molar-refractivity contribution in [1.82, 2.24) is 14.7 Å². The highest BCUT2D eigenvalue weighted by Gasteiger charge is 2.58. The Hall–Kier alpha value is -1.72. The molecule has 1 spiro atoms. The van der Waals surface area contributed by atoms with Crippen molar-refractivity contribution in [2.45, 2.75) is 6.42 Å². The Morgan fingerprint density at radius 3 is 2.50 bits per heavy atom. The minimum Gasteiger partial charge on any atom is -0.340 e. The molecule has 1 aliphatic carbocycles. The molecule has 5 heteroatoms. The standard InChI is InChI=1S/C19H25N3O2/c1-20-7-9-22(10-8-20)18(24)16-12-21(2)13-19(16)11-14-5-3-4-6-15(14)17(19)23/h3-6,16H,7-13H2,1-2H3. The van der Waals surface area contributed by atoms with Crippen LogP contribution in [0.4, 0.5) is 0 Å². The smallest absolute Gasteiger partial charge is 0.228 e. The molecule has 24 heavy (non-hydrogen) atoms. The highest BCUT2D eigenvalue weighted by atomic mass is 16.2. The van der Waals surface area contributed by atoms with Gasteiger partial charge in [-0.3, -0.25) is 9.59 Å². The number of Topliss-reactive ketones (excluding diaryl/α,β-unsaturated/α-hetero) is 1. The molecule has 0 radical (unpaired) electrons. The van der Waals surface area contributed by atoms with Gasteiger partial charge in [-0.05, 0) is 26.1 Å². The van der Waals surface area contributed by atoms with Crippen LogP contribution in [0, 0.1) is 11.3 Å². The van der Waals surface area contributed by atoms with E-state index < -0.39 is 5.41 Å². The number of amides is 1. The van der Waals surface area contributed by atoms with E-state index in [0.29, 0.717) is 19.5 Å². The van der Waals surface area contributed by atoms with Crippen LogP contribution >= 0.6 is 0 Å². The molecule has 128 valence electrons. The first kappa shape index (κ1) is 15.8. The SMILES string of the molecule is CN1CCN(C(=O)C2CN(C)CC23Cc2ccccc2C3=O)CC1. The maximum absolute atomic E-state index is 13.2. The van der Waals surface area contributed by atoms with Gasteiger partial charge in [0.15, 0.2) is 5.78 Å². The van der Waals surface area contributed by atoms with Crippen molar-refractivity contribution in [3.63, 3.8) is 0 Å². The quantitative estimate of drug-likeness (QED) is 0.763. The molecule has 2 atom stereocenters. The topological polar surface area (TPSA) is 43.9 Å². The molecule has 0 bridgehead atoms. The first-order chi connectivity index (χ1) is 11.5. The Morgan fingerprint density at radius 2 is 1.79 bits per heavy atom. The number of piperazine rings is 1. The molecule has 0 saturated carbocycles. The number of fused-ring (bicyclic) bond motifs is 1. The zero-order chi connectivity index (χ0) is 16.9. The summed E-state index contributed by atoms with van der Waals surface area (Å²) in [5.41, 5.74) is 1.37. The minimum absolute atomic E-state index is 0.175. The third-order valence-corrected chi connectivity index (χ3v) is 6.05. The second-order valence-electron chi connectivity index (χ2n) is 7.70. The number of likely N-dealkylation sites (N-methyl/N-ethyl adjacent to an activating group) is 1. The maximum Gasteiger partial charge on any atom is 0.228 e. The van der Waals surface area contributed by atoms with Crippen molar-refractivity contribution >= 4 is 11.7 Å². The van der Waals surface area contributed by atoms with Crippen LogP contribution in [0.2, 0.25) is 0 Å². The number of rotatable bonds is 1. The first-order valence-corrected chi connectivity index (χ1v) is 8.80. The Balaban J connectivity index is 1.63. The fourth-order valence-corrected chi connectivity index (χ4v) is 4.70. The van der Waals surface area contributed by atoms with Gasteiger partial charge in [-0.2, -0.15) is 0 Å². The van der Waals surface area contributed by atoms with Gasteiger partial charge in [0.1, 0.15) is 0 Å². The number of hydrogen-bond acceptors (Lipinski definition) is 4. The fraction of sp³-hybridized carbons (Fsp3) is 0.579. The summed E-state index contributed by atoms with van der Waals surface area (Å²) in [5.74, 6) is 0.134. The predicted octanol–water partition coefficient (Wildman–Crippen LogP) is 0.747. The molecule has 3 aliphatic rings. The van der Waals surface area contributed by atoms with Crippen LogP contribution in [-0.2, 0) is 11.2 Å². The van der Waals surface area contributed by atoms with Crippen molar-refractivity contribution in [2.75, 3.05) is 53.4 Å². The highest BCUT2D eigenvalue weighted by Crippen LogP contribution is 2.47. The van der Waals surface area contributed by atoms with E-state index in [-0.39, 0.29) is 17.6 Å². The summed E-state index contributed by atoms with van der Waals surface area (Å²) in [6, 6.07) is 7.87. The molecule has 2 heterocycles. The maximum atomic E-state index is 13.2. The third-order valence-electron chi connectivity index (χ3n) is 6.05. The van der Waals surface area contributed by atoms with Crippen molar-refractivity contribution in [3.8, 4) is 0 Å². The largest absolute Gasteiger partial charge is 0.340 e. The van der Waals surface area contributed by atoms with Gasteiger partial charge in [0, 0.05) is 44.8 Å². The average Bonchev–Trinajstić information content (AvgIpc) is 3.05. The van der Waals surface area contributed by atoms with Crippen LogP contribution in [0.3, 0.4) is 0 Å². The molecule has 2 saturated heterocycles. The lowest BCUT2D eigenvalue weighted by atomic mass is 9.74. The normalized spacial score (nSPS) is 31.0. The van der Waals surface area contributed by atoms with Gasteiger partial charge in [0.25, 0.3) is 0 Å². The zero-order valence-electron chi connectivity index (χ0n) is 14.5. The molecule has 0 N–H and O–H groups in total. The summed E-state index contributed by atoms with van der Waals surface area (Å²) in [5, 5.41) is 0. The lowest BCUT2D eigenvalue weighted by molar-refractivity contribution is -0.139. The molecule has 0 aromatic heterocycles.